The Kier molecular flexibility index (Phi) is 5.93. The number of unbranched alkanes of at least 4 members (excludes halogenated alkanes) is 2. The van der Waals surface area contributed by atoms with E-state index in [9.17, 15) is 0 Å². The predicted octanol–water partition coefficient (Wildman–Crippen LogP) is 1.93. The molecule has 2 atom stereocenters. The number of nitrogens with one attached hydrogen (secondary N) is 1. The second-order valence-corrected chi connectivity index (χ2v) is 6.15. The largest absolute Gasteiger partial charge is 0.320 e. The maximum atomic E-state index is 3.23. The van der Waals surface area contributed by atoms with E-state index in [1.807, 2.05) is 7.05 Å². The minimum Gasteiger partial charge on any atom is -0.320 e. The lowest BCUT2D eigenvalue weighted by Crippen LogP contribution is -2.58. The number of piperidine rings is 1. The lowest BCUT2D eigenvalue weighted by Gasteiger charge is -2.47. The van der Waals surface area contributed by atoms with Gasteiger partial charge in [-0.3, -0.25) is 9.80 Å². The minimum atomic E-state index is 0.767. The van der Waals surface area contributed by atoms with E-state index < -0.39 is 0 Å². The van der Waals surface area contributed by atoms with E-state index in [0.29, 0.717) is 0 Å². The van der Waals surface area contributed by atoms with Crippen molar-refractivity contribution in [2.24, 2.45) is 0 Å². The van der Waals surface area contributed by atoms with Crippen LogP contribution in [0.4, 0.5) is 0 Å². The Bertz CT molecular complexity index is 232. The van der Waals surface area contributed by atoms with E-state index in [0.717, 1.165) is 12.1 Å². The summed E-state index contributed by atoms with van der Waals surface area (Å²) in [4.78, 5) is 5.48. The van der Waals surface area contributed by atoms with Crippen LogP contribution in [0, 0.1) is 0 Å². The van der Waals surface area contributed by atoms with Crippen LogP contribution in [0.5, 0.6) is 0 Å². The molecule has 3 heteroatoms. The molecule has 2 unspecified atom stereocenters. The molecular formula is C15H31N3. The van der Waals surface area contributed by atoms with Gasteiger partial charge in [-0.25, -0.2) is 0 Å². The van der Waals surface area contributed by atoms with Gasteiger partial charge in [0.05, 0.1) is 0 Å². The average molecular weight is 253 g/mol. The molecule has 0 radical (unpaired) electrons. The second-order valence-electron chi connectivity index (χ2n) is 6.15. The Balaban J connectivity index is 1.68. The van der Waals surface area contributed by atoms with Gasteiger partial charge in [0.1, 0.15) is 0 Å². The molecular weight excluding hydrogens is 222 g/mol. The van der Waals surface area contributed by atoms with Crippen LogP contribution in [0.25, 0.3) is 0 Å². The third kappa shape index (κ3) is 3.94. The number of fused-ring (bicyclic) bond motifs is 1. The SMILES string of the molecule is CNCCCCCN1CC2CCCCN2CC1C. The molecule has 18 heavy (non-hydrogen) atoms. The van der Waals surface area contributed by atoms with Gasteiger partial charge in [0.2, 0.25) is 0 Å². The number of piperazine rings is 1. The molecule has 0 bridgehead atoms. The Morgan fingerprint density at radius 1 is 1.11 bits per heavy atom. The minimum absolute atomic E-state index is 0.767. The van der Waals surface area contributed by atoms with E-state index in [1.165, 1.54) is 71.2 Å². The first-order valence-corrected chi connectivity index (χ1v) is 7.94. The number of rotatable bonds is 6. The molecule has 106 valence electrons. The van der Waals surface area contributed by atoms with Crippen molar-refractivity contribution < 1.29 is 0 Å². The molecule has 2 rings (SSSR count). The Morgan fingerprint density at radius 2 is 2.00 bits per heavy atom. The summed E-state index contributed by atoms with van der Waals surface area (Å²) < 4.78 is 0. The molecule has 1 N–H and O–H groups in total. The summed E-state index contributed by atoms with van der Waals surface area (Å²) in [7, 11) is 2.05. The van der Waals surface area contributed by atoms with Crippen molar-refractivity contribution in [3.63, 3.8) is 0 Å². The predicted molar refractivity (Wildman–Crippen MR) is 78.0 cm³/mol. The normalized spacial score (nSPS) is 30.3. The summed E-state index contributed by atoms with van der Waals surface area (Å²) in [6, 6.07) is 1.64. The molecule has 0 aromatic rings. The third-order valence-corrected chi connectivity index (χ3v) is 4.69. The van der Waals surface area contributed by atoms with Crippen molar-refractivity contribution in [3.8, 4) is 0 Å². The van der Waals surface area contributed by atoms with Crippen LogP contribution in [0.2, 0.25) is 0 Å². The lowest BCUT2D eigenvalue weighted by atomic mass is 9.97. The highest BCUT2D eigenvalue weighted by Crippen LogP contribution is 2.24. The quantitative estimate of drug-likeness (QED) is 0.730. The average Bonchev–Trinajstić information content (AvgIpc) is 2.39. The van der Waals surface area contributed by atoms with Crippen molar-refractivity contribution in [3.05, 3.63) is 0 Å². The first-order chi connectivity index (χ1) is 8.81. The molecule has 2 heterocycles. The highest BCUT2D eigenvalue weighted by Gasteiger charge is 2.32. The molecule has 0 aromatic carbocycles. The maximum absolute atomic E-state index is 3.23. The highest BCUT2D eigenvalue weighted by atomic mass is 15.3. The highest BCUT2D eigenvalue weighted by molar-refractivity contribution is 4.88. The monoisotopic (exact) mass is 253 g/mol. The molecule has 2 fully saturated rings. The van der Waals surface area contributed by atoms with Crippen LogP contribution in [-0.2, 0) is 0 Å². The molecule has 2 aliphatic rings. The van der Waals surface area contributed by atoms with E-state index in [2.05, 4.69) is 22.0 Å². The summed E-state index contributed by atoms with van der Waals surface area (Å²) in [6.45, 7) is 8.89. The van der Waals surface area contributed by atoms with Gasteiger partial charge in [-0.2, -0.15) is 0 Å². The Morgan fingerprint density at radius 3 is 2.83 bits per heavy atom. The lowest BCUT2D eigenvalue weighted by molar-refractivity contribution is 0.0146. The van der Waals surface area contributed by atoms with E-state index in [1.54, 1.807) is 0 Å². The molecule has 2 saturated heterocycles. The van der Waals surface area contributed by atoms with Crippen molar-refractivity contribution >= 4 is 0 Å². The van der Waals surface area contributed by atoms with Crippen molar-refractivity contribution in [2.45, 2.75) is 57.5 Å². The summed E-state index contributed by atoms with van der Waals surface area (Å²) in [6.07, 6.45) is 8.38. The van der Waals surface area contributed by atoms with Gasteiger partial charge in [-0.05, 0) is 59.3 Å². The number of nitrogens with zero attached hydrogens (tertiary/aromatic N) is 2. The fourth-order valence-electron chi connectivity index (χ4n) is 3.52. The topological polar surface area (TPSA) is 18.5 Å². The summed E-state index contributed by atoms with van der Waals surface area (Å²) in [5, 5.41) is 3.23. The van der Waals surface area contributed by atoms with Gasteiger partial charge in [0.15, 0.2) is 0 Å². The fraction of sp³-hybridized carbons (Fsp3) is 1.00. The first-order valence-electron chi connectivity index (χ1n) is 7.94. The van der Waals surface area contributed by atoms with Crippen LogP contribution in [-0.4, -0.2) is 61.7 Å². The molecule has 0 spiro atoms. The zero-order chi connectivity index (χ0) is 12.8. The second kappa shape index (κ2) is 7.46. The maximum Gasteiger partial charge on any atom is 0.0223 e. The molecule has 3 nitrogen and oxygen atoms in total. The van der Waals surface area contributed by atoms with Crippen LogP contribution < -0.4 is 5.32 Å². The molecule has 0 saturated carbocycles. The van der Waals surface area contributed by atoms with Crippen molar-refractivity contribution in [1.82, 2.24) is 15.1 Å². The molecule has 0 aromatic heterocycles. The van der Waals surface area contributed by atoms with Gasteiger partial charge < -0.3 is 5.32 Å². The molecule has 0 aliphatic carbocycles. The number of hydrogen-bond acceptors (Lipinski definition) is 3. The first kappa shape index (κ1) is 14.3. The van der Waals surface area contributed by atoms with Crippen LogP contribution in [0.1, 0.15) is 45.4 Å². The van der Waals surface area contributed by atoms with Crippen molar-refractivity contribution in [2.75, 3.05) is 39.8 Å². The van der Waals surface area contributed by atoms with Crippen molar-refractivity contribution in [1.29, 1.82) is 0 Å². The fourth-order valence-corrected chi connectivity index (χ4v) is 3.52. The zero-order valence-corrected chi connectivity index (χ0v) is 12.3. The van der Waals surface area contributed by atoms with Crippen LogP contribution in [0.3, 0.4) is 0 Å². The van der Waals surface area contributed by atoms with E-state index in [4.69, 9.17) is 0 Å². The van der Waals surface area contributed by atoms with E-state index in [-0.39, 0.29) is 0 Å². The molecule has 0 amide bonds. The molecule has 2 aliphatic heterocycles. The summed E-state index contributed by atoms with van der Waals surface area (Å²) >= 11 is 0. The Hall–Kier alpha value is -0.120. The Labute approximate surface area is 113 Å². The number of hydrogen-bond donors (Lipinski definition) is 1. The summed E-state index contributed by atoms with van der Waals surface area (Å²) in [5.41, 5.74) is 0. The standard InChI is InChI=1S/C15H31N3/c1-14-12-18-11-7-4-8-15(18)13-17(14)10-6-3-5-9-16-2/h14-16H,3-13H2,1-2H3. The van der Waals surface area contributed by atoms with Gasteiger partial charge in [-0.1, -0.05) is 12.8 Å². The zero-order valence-electron chi connectivity index (χ0n) is 12.3. The van der Waals surface area contributed by atoms with Gasteiger partial charge >= 0.3 is 0 Å². The third-order valence-electron chi connectivity index (χ3n) is 4.69. The van der Waals surface area contributed by atoms with E-state index >= 15 is 0 Å². The van der Waals surface area contributed by atoms with Gasteiger partial charge in [0.25, 0.3) is 0 Å². The van der Waals surface area contributed by atoms with Gasteiger partial charge in [0, 0.05) is 25.2 Å². The smallest absolute Gasteiger partial charge is 0.0223 e. The van der Waals surface area contributed by atoms with Crippen LogP contribution >= 0.6 is 0 Å². The van der Waals surface area contributed by atoms with Gasteiger partial charge in [-0.15, -0.1) is 0 Å². The summed E-state index contributed by atoms with van der Waals surface area (Å²) in [5.74, 6) is 0. The van der Waals surface area contributed by atoms with Crippen LogP contribution in [0.15, 0.2) is 0 Å².